The summed E-state index contributed by atoms with van der Waals surface area (Å²) in [5.74, 6) is -1.45. The van der Waals surface area contributed by atoms with E-state index in [-0.39, 0.29) is 22.7 Å². The number of ether oxygens (including phenoxy) is 1. The lowest BCUT2D eigenvalue weighted by Crippen LogP contribution is -2.22. The van der Waals surface area contributed by atoms with Crippen molar-refractivity contribution < 1.29 is 19.1 Å². The largest absolute Gasteiger partial charge is 0.445 e. The van der Waals surface area contributed by atoms with Gasteiger partial charge in [-0.05, 0) is 18.2 Å². The van der Waals surface area contributed by atoms with Crippen molar-refractivity contribution in [3.05, 3.63) is 142 Å². The van der Waals surface area contributed by atoms with Gasteiger partial charge < -0.3 is 4.74 Å². The fraction of sp³-hybridized carbons (Fsp3) is 0.0357. The monoisotopic (exact) mass is 454 g/mol. The van der Waals surface area contributed by atoms with Crippen molar-refractivity contribution in [2.24, 2.45) is 0 Å². The maximum absolute atomic E-state index is 13.3. The number of carbonyl (C=O) groups excluding carboxylic acids is 3. The highest BCUT2D eigenvalue weighted by Gasteiger charge is 2.28. The SMILES string of the molecule is O=C(O[C@@H](C(=O)c1ccccc1)c1ccc(Cl)cc1)c1ccccc1C(=O)c1ccccc1. The first-order valence-electron chi connectivity index (χ1n) is 10.3. The molecule has 0 aliphatic carbocycles. The van der Waals surface area contributed by atoms with Crippen molar-refractivity contribution in [3.8, 4) is 0 Å². The van der Waals surface area contributed by atoms with Crippen LogP contribution in [0.15, 0.2) is 109 Å². The molecule has 5 heteroatoms. The summed E-state index contributed by atoms with van der Waals surface area (Å²) in [4.78, 5) is 39.5. The highest BCUT2D eigenvalue weighted by Crippen LogP contribution is 2.26. The number of rotatable bonds is 7. The molecule has 162 valence electrons. The number of hydrogen-bond acceptors (Lipinski definition) is 4. The number of Topliss-reactive ketones (excluding diaryl/α,β-unsaturated/α-hetero) is 1. The van der Waals surface area contributed by atoms with Crippen LogP contribution in [0.5, 0.6) is 0 Å². The summed E-state index contributed by atoms with van der Waals surface area (Å²) in [6.07, 6.45) is -1.20. The third-order valence-electron chi connectivity index (χ3n) is 5.12. The van der Waals surface area contributed by atoms with E-state index in [2.05, 4.69) is 0 Å². The van der Waals surface area contributed by atoms with Gasteiger partial charge in [0.25, 0.3) is 0 Å². The second-order valence-corrected chi connectivity index (χ2v) is 7.74. The Hall–Kier alpha value is -4.02. The van der Waals surface area contributed by atoms with Gasteiger partial charge in [0.05, 0.1) is 5.56 Å². The van der Waals surface area contributed by atoms with Crippen LogP contribution in [0, 0.1) is 0 Å². The topological polar surface area (TPSA) is 60.4 Å². The molecule has 0 radical (unpaired) electrons. The molecule has 4 rings (SSSR count). The molecule has 0 bridgehead atoms. The van der Waals surface area contributed by atoms with Gasteiger partial charge in [0, 0.05) is 27.3 Å². The zero-order valence-electron chi connectivity index (χ0n) is 17.5. The lowest BCUT2D eigenvalue weighted by Gasteiger charge is -2.18. The predicted molar refractivity (Wildman–Crippen MR) is 127 cm³/mol. The molecule has 0 spiro atoms. The molecular weight excluding hydrogens is 436 g/mol. The van der Waals surface area contributed by atoms with Gasteiger partial charge in [-0.25, -0.2) is 4.79 Å². The van der Waals surface area contributed by atoms with Crippen molar-refractivity contribution in [2.75, 3.05) is 0 Å². The number of halogens is 1. The standard InChI is InChI=1S/C28H19ClO4/c29-22-17-15-21(16-18-22)27(26(31)20-11-5-2-6-12-20)33-28(32)24-14-8-7-13-23(24)25(30)19-9-3-1-4-10-19/h1-18,27H/t27-/m1/s1. The van der Waals surface area contributed by atoms with E-state index >= 15 is 0 Å². The summed E-state index contributed by atoms with van der Waals surface area (Å²) >= 11 is 6.00. The Bertz CT molecular complexity index is 1280. The molecule has 4 aromatic carbocycles. The summed E-state index contributed by atoms with van der Waals surface area (Å²) < 4.78 is 5.72. The highest BCUT2D eigenvalue weighted by molar-refractivity contribution is 6.30. The van der Waals surface area contributed by atoms with Gasteiger partial charge in [0.2, 0.25) is 5.78 Å². The third-order valence-corrected chi connectivity index (χ3v) is 5.37. The second-order valence-electron chi connectivity index (χ2n) is 7.31. The molecule has 0 amide bonds. The predicted octanol–water partition coefficient (Wildman–Crippen LogP) is 6.35. The molecule has 0 aliphatic heterocycles. The molecule has 0 N–H and O–H groups in total. The van der Waals surface area contributed by atoms with Crippen molar-refractivity contribution in [1.29, 1.82) is 0 Å². The molecule has 0 heterocycles. The van der Waals surface area contributed by atoms with Crippen LogP contribution in [0.4, 0.5) is 0 Å². The fourth-order valence-electron chi connectivity index (χ4n) is 3.44. The lowest BCUT2D eigenvalue weighted by molar-refractivity contribution is 0.0278. The van der Waals surface area contributed by atoms with E-state index in [1.165, 1.54) is 6.07 Å². The zero-order valence-corrected chi connectivity index (χ0v) is 18.2. The number of ketones is 2. The van der Waals surface area contributed by atoms with E-state index in [1.807, 2.05) is 6.07 Å². The van der Waals surface area contributed by atoms with Crippen molar-refractivity contribution in [1.82, 2.24) is 0 Å². The number of esters is 1. The van der Waals surface area contributed by atoms with Crippen molar-refractivity contribution in [3.63, 3.8) is 0 Å². The Morgan fingerprint density at radius 3 is 1.73 bits per heavy atom. The Morgan fingerprint density at radius 1 is 0.606 bits per heavy atom. The van der Waals surface area contributed by atoms with Crippen LogP contribution in [-0.4, -0.2) is 17.5 Å². The average molecular weight is 455 g/mol. The molecule has 4 nitrogen and oxygen atoms in total. The summed E-state index contributed by atoms with van der Waals surface area (Å²) in [5.41, 5.74) is 1.63. The lowest BCUT2D eigenvalue weighted by atomic mass is 9.97. The summed E-state index contributed by atoms with van der Waals surface area (Å²) in [6, 6.07) is 30.2. The maximum atomic E-state index is 13.3. The first-order valence-corrected chi connectivity index (χ1v) is 10.7. The van der Waals surface area contributed by atoms with Crippen LogP contribution >= 0.6 is 11.6 Å². The van der Waals surface area contributed by atoms with Crippen molar-refractivity contribution in [2.45, 2.75) is 6.10 Å². The number of benzene rings is 4. The third kappa shape index (κ3) is 5.08. The molecule has 33 heavy (non-hydrogen) atoms. The minimum absolute atomic E-state index is 0.0891. The first-order chi connectivity index (χ1) is 16.0. The smallest absolute Gasteiger partial charge is 0.339 e. The van der Waals surface area contributed by atoms with E-state index in [4.69, 9.17) is 16.3 Å². The van der Waals surface area contributed by atoms with Gasteiger partial charge in [0.1, 0.15) is 0 Å². The molecule has 1 atom stereocenters. The number of hydrogen-bond donors (Lipinski definition) is 0. The van der Waals surface area contributed by atoms with Crippen LogP contribution in [0.1, 0.15) is 48.3 Å². The average Bonchev–Trinajstić information content (AvgIpc) is 2.88. The molecule has 0 fully saturated rings. The first kappa shape index (κ1) is 22.2. The van der Waals surface area contributed by atoms with Gasteiger partial charge in [0.15, 0.2) is 11.9 Å². The van der Waals surface area contributed by atoms with Crippen molar-refractivity contribution >= 4 is 29.1 Å². The molecular formula is C28H19ClO4. The Kier molecular flexibility index (Phi) is 6.77. The van der Waals surface area contributed by atoms with E-state index in [9.17, 15) is 14.4 Å². The molecule has 0 saturated carbocycles. The molecule has 4 aromatic rings. The van der Waals surface area contributed by atoms with Crippen LogP contribution < -0.4 is 0 Å². The second kappa shape index (κ2) is 10.1. The highest BCUT2D eigenvalue weighted by atomic mass is 35.5. The summed E-state index contributed by atoms with van der Waals surface area (Å²) in [6.45, 7) is 0. The van der Waals surface area contributed by atoms with Crippen LogP contribution in [-0.2, 0) is 4.74 Å². The Balaban J connectivity index is 1.69. The molecule has 0 unspecified atom stereocenters. The fourth-order valence-corrected chi connectivity index (χ4v) is 3.56. The zero-order chi connectivity index (χ0) is 23.2. The van der Waals surface area contributed by atoms with Gasteiger partial charge >= 0.3 is 5.97 Å². The minimum Gasteiger partial charge on any atom is -0.445 e. The maximum Gasteiger partial charge on any atom is 0.339 e. The normalized spacial score (nSPS) is 11.4. The van der Waals surface area contributed by atoms with Gasteiger partial charge in [-0.15, -0.1) is 0 Å². The van der Waals surface area contributed by atoms with Crippen LogP contribution in [0.3, 0.4) is 0 Å². The molecule has 0 aliphatic rings. The quantitative estimate of drug-likeness (QED) is 0.241. The van der Waals surface area contributed by atoms with E-state index in [0.29, 0.717) is 21.7 Å². The minimum atomic E-state index is -1.20. The Morgan fingerprint density at radius 2 is 1.12 bits per heavy atom. The summed E-state index contributed by atoms with van der Waals surface area (Å²) in [7, 11) is 0. The Labute approximate surface area is 196 Å². The van der Waals surface area contributed by atoms with Gasteiger partial charge in [-0.1, -0.05) is 103 Å². The number of carbonyl (C=O) groups is 3. The van der Waals surface area contributed by atoms with E-state index in [0.717, 1.165) is 0 Å². The molecule has 0 saturated heterocycles. The van der Waals surface area contributed by atoms with E-state index < -0.39 is 12.1 Å². The van der Waals surface area contributed by atoms with E-state index in [1.54, 1.807) is 97.1 Å². The van der Waals surface area contributed by atoms with Gasteiger partial charge in [-0.3, -0.25) is 9.59 Å². The van der Waals surface area contributed by atoms with Crippen LogP contribution in [0.2, 0.25) is 5.02 Å². The molecule has 0 aromatic heterocycles. The van der Waals surface area contributed by atoms with Crippen LogP contribution in [0.25, 0.3) is 0 Å². The summed E-state index contributed by atoms with van der Waals surface area (Å²) in [5, 5.41) is 0.495. The van der Waals surface area contributed by atoms with Gasteiger partial charge in [-0.2, -0.15) is 0 Å².